The zero-order chi connectivity index (χ0) is 8.32. The summed E-state index contributed by atoms with van der Waals surface area (Å²) in [5, 5.41) is 0. The minimum atomic E-state index is 0.314. The maximum absolute atomic E-state index is 5.74. The van der Waals surface area contributed by atoms with E-state index >= 15 is 0 Å². The molecule has 2 nitrogen and oxygen atoms in total. The van der Waals surface area contributed by atoms with Crippen LogP contribution in [0.15, 0.2) is 0 Å². The molecule has 1 aliphatic carbocycles. The van der Waals surface area contributed by atoms with Gasteiger partial charge < -0.3 is 10.5 Å². The summed E-state index contributed by atoms with van der Waals surface area (Å²) in [5.74, 6) is 0.841. The van der Waals surface area contributed by atoms with Crippen LogP contribution in [0.4, 0.5) is 0 Å². The fourth-order valence-electron chi connectivity index (χ4n) is 2.18. The third kappa shape index (κ3) is 1.94. The van der Waals surface area contributed by atoms with E-state index in [1.54, 1.807) is 7.11 Å². The lowest BCUT2D eigenvalue weighted by Gasteiger charge is -2.26. The van der Waals surface area contributed by atoms with Crippen LogP contribution in [-0.4, -0.2) is 20.3 Å². The molecule has 0 heterocycles. The van der Waals surface area contributed by atoms with Crippen LogP contribution in [0, 0.1) is 11.3 Å². The van der Waals surface area contributed by atoms with Gasteiger partial charge in [0.25, 0.3) is 0 Å². The lowest BCUT2D eigenvalue weighted by molar-refractivity contribution is 0.0868. The highest BCUT2D eigenvalue weighted by atomic mass is 16.5. The number of ether oxygens (including phenoxy) is 1. The fraction of sp³-hybridized carbons (Fsp3) is 1.00. The second-order valence-corrected chi connectivity index (χ2v) is 3.99. The molecule has 66 valence electrons. The molecular weight excluding hydrogens is 138 g/mol. The van der Waals surface area contributed by atoms with Crippen molar-refractivity contribution in [1.82, 2.24) is 0 Å². The van der Waals surface area contributed by atoms with Gasteiger partial charge in [-0.1, -0.05) is 13.3 Å². The van der Waals surface area contributed by atoms with Crippen LogP contribution in [0.1, 0.15) is 26.2 Å². The van der Waals surface area contributed by atoms with Gasteiger partial charge in [-0.2, -0.15) is 0 Å². The maximum Gasteiger partial charge on any atom is 0.0530 e. The van der Waals surface area contributed by atoms with Crippen molar-refractivity contribution in [2.45, 2.75) is 26.2 Å². The lowest BCUT2D eigenvalue weighted by atomic mass is 9.86. The summed E-state index contributed by atoms with van der Waals surface area (Å²) >= 11 is 0. The summed E-state index contributed by atoms with van der Waals surface area (Å²) < 4.78 is 5.19. The van der Waals surface area contributed by atoms with Gasteiger partial charge in [0.05, 0.1) is 6.61 Å². The van der Waals surface area contributed by atoms with Crippen molar-refractivity contribution in [3.05, 3.63) is 0 Å². The number of hydrogen-bond donors (Lipinski definition) is 1. The Bertz CT molecular complexity index is 123. The molecule has 0 bridgehead atoms. The summed E-state index contributed by atoms with van der Waals surface area (Å²) in [6.45, 7) is 3.92. The van der Waals surface area contributed by atoms with Crippen molar-refractivity contribution in [2.75, 3.05) is 20.3 Å². The summed E-state index contributed by atoms with van der Waals surface area (Å²) in [5.41, 5.74) is 6.05. The number of methoxy groups -OCH3 is 1. The number of rotatable bonds is 3. The van der Waals surface area contributed by atoms with Crippen LogP contribution in [0.25, 0.3) is 0 Å². The highest BCUT2D eigenvalue weighted by Gasteiger charge is 2.35. The average Bonchev–Trinajstić information content (AvgIpc) is 2.34. The first-order valence-corrected chi connectivity index (χ1v) is 4.41. The number of hydrogen-bond acceptors (Lipinski definition) is 2. The van der Waals surface area contributed by atoms with Crippen molar-refractivity contribution in [3.63, 3.8) is 0 Å². The molecule has 0 amide bonds. The molecule has 0 aromatic heterocycles. The molecule has 0 radical (unpaired) electrons. The third-order valence-corrected chi connectivity index (χ3v) is 2.83. The van der Waals surface area contributed by atoms with Gasteiger partial charge in [-0.15, -0.1) is 0 Å². The Kier molecular flexibility index (Phi) is 2.90. The highest BCUT2D eigenvalue weighted by Crippen LogP contribution is 2.40. The molecule has 0 spiro atoms. The molecule has 0 saturated heterocycles. The van der Waals surface area contributed by atoms with Crippen LogP contribution in [0.3, 0.4) is 0 Å². The number of nitrogens with two attached hydrogens (primary N) is 1. The molecule has 1 rings (SSSR count). The zero-order valence-electron chi connectivity index (χ0n) is 7.60. The van der Waals surface area contributed by atoms with E-state index in [4.69, 9.17) is 10.5 Å². The second-order valence-electron chi connectivity index (χ2n) is 3.99. The predicted octanol–water partition coefficient (Wildman–Crippen LogP) is 1.40. The van der Waals surface area contributed by atoms with Crippen LogP contribution in [-0.2, 0) is 4.74 Å². The van der Waals surface area contributed by atoms with Crippen molar-refractivity contribution < 1.29 is 4.74 Å². The second kappa shape index (κ2) is 3.55. The molecule has 2 unspecified atom stereocenters. The smallest absolute Gasteiger partial charge is 0.0530 e. The summed E-state index contributed by atoms with van der Waals surface area (Å²) in [6.07, 6.45) is 3.82. The third-order valence-electron chi connectivity index (χ3n) is 2.83. The molecule has 2 N–H and O–H groups in total. The molecule has 1 saturated carbocycles. The summed E-state index contributed by atoms with van der Waals surface area (Å²) in [7, 11) is 1.76. The van der Waals surface area contributed by atoms with Crippen LogP contribution in [0.5, 0.6) is 0 Å². The van der Waals surface area contributed by atoms with Crippen molar-refractivity contribution >= 4 is 0 Å². The first-order chi connectivity index (χ1) is 5.22. The zero-order valence-corrected chi connectivity index (χ0v) is 7.60. The van der Waals surface area contributed by atoms with Gasteiger partial charge in [-0.25, -0.2) is 0 Å². The summed E-state index contributed by atoms with van der Waals surface area (Å²) in [6, 6.07) is 0. The Morgan fingerprint density at radius 2 is 2.36 bits per heavy atom. The minimum Gasteiger partial charge on any atom is -0.384 e. The highest BCUT2D eigenvalue weighted by molar-refractivity contribution is 4.88. The van der Waals surface area contributed by atoms with E-state index in [1.165, 1.54) is 19.3 Å². The van der Waals surface area contributed by atoms with Crippen molar-refractivity contribution in [2.24, 2.45) is 17.1 Å². The van der Waals surface area contributed by atoms with E-state index < -0.39 is 0 Å². The van der Waals surface area contributed by atoms with Gasteiger partial charge in [0.15, 0.2) is 0 Å². The molecule has 0 aromatic rings. The largest absolute Gasteiger partial charge is 0.384 e. The normalized spacial score (nSPS) is 37.9. The van der Waals surface area contributed by atoms with Gasteiger partial charge in [0.2, 0.25) is 0 Å². The summed E-state index contributed by atoms with van der Waals surface area (Å²) in [4.78, 5) is 0. The standard InChI is InChI=1S/C9H19NO/c1-8-3-4-9(5-8,6-10)7-11-2/h8H,3-7,10H2,1-2H3. The molecular formula is C9H19NO. The predicted molar refractivity (Wildman–Crippen MR) is 46.4 cm³/mol. The first-order valence-electron chi connectivity index (χ1n) is 4.41. The van der Waals surface area contributed by atoms with Crippen molar-refractivity contribution in [1.29, 1.82) is 0 Å². The van der Waals surface area contributed by atoms with Crippen LogP contribution < -0.4 is 5.73 Å². The Hall–Kier alpha value is -0.0800. The molecule has 1 aliphatic rings. The van der Waals surface area contributed by atoms with Crippen LogP contribution in [0.2, 0.25) is 0 Å². The molecule has 0 aromatic carbocycles. The molecule has 11 heavy (non-hydrogen) atoms. The van der Waals surface area contributed by atoms with Crippen LogP contribution >= 0.6 is 0 Å². The van der Waals surface area contributed by atoms with Gasteiger partial charge in [0.1, 0.15) is 0 Å². The van der Waals surface area contributed by atoms with E-state index in [0.717, 1.165) is 19.1 Å². The van der Waals surface area contributed by atoms with E-state index in [0.29, 0.717) is 5.41 Å². The van der Waals surface area contributed by atoms with Gasteiger partial charge in [-0.3, -0.25) is 0 Å². The molecule has 1 fully saturated rings. The SMILES string of the molecule is COCC1(CN)CCC(C)C1. The van der Waals surface area contributed by atoms with E-state index in [2.05, 4.69) is 6.92 Å². The fourth-order valence-corrected chi connectivity index (χ4v) is 2.18. The van der Waals surface area contributed by atoms with E-state index in [1.807, 2.05) is 0 Å². The Balaban J connectivity index is 2.48. The Morgan fingerprint density at radius 1 is 1.64 bits per heavy atom. The van der Waals surface area contributed by atoms with Gasteiger partial charge in [0, 0.05) is 19.1 Å². The topological polar surface area (TPSA) is 35.2 Å². The molecule has 0 aliphatic heterocycles. The van der Waals surface area contributed by atoms with E-state index in [9.17, 15) is 0 Å². The Morgan fingerprint density at radius 3 is 2.73 bits per heavy atom. The molecule has 2 heteroatoms. The van der Waals surface area contributed by atoms with Crippen molar-refractivity contribution in [3.8, 4) is 0 Å². The van der Waals surface area contributed by atoms with Gasteiger partial charge >= 0.3 is 0 Å². The maximum atomic E-state index is 5.74. The monoisotopic (exact) mass is 157 g/mol. The first kappa shape index (κ1) is 9.01. The molecule has 2 atom stereocenters. The quantitative estimate of drug-likeness (QED) is 0.672. The average molecular weight is 157 g/mol. The van der Waals surface area contributed by atoms with Gasteiger partial charge in [-0.05, 0) is 18.8 Å². The van der Waals surface area contributed by atoms with E-state index in [-0.39, 0.29) is 0 Å². The lowest BCUT2D eigenvalue weighted by Crippen LogP contribution is -2.32. The Labute approximate surface area is 69.1 Å². The minimum absolute atomic E-state index is 0.314.